The lowest BCUT2D eigenvalue weighted by Crippen LogP contribution is -2.37. The standard InChI is InChI=1S/C62H114NO8P/c1-6-8-10-12-14-16-18-20-22-24-26-28-29-30-31-32-33-35-36-38-40-42-44-46-48-50-52-54-61(64)68-58-60(59-70-72(66,67)69-57-56-63(3,4)5)71-62(65)55-53-51-49-47-45-43-41-39-37-34-27-25-23-21-19-17-15-13-11-9-7-2/h9,11,15,17,21,23-24,26-27,34,60H,6-8,10,12-14,16,18-20,22,25,28-33,35-59H2,1-5H3/p+1/b11-9-,17-15-,23-21-,26-24-,34-27-. The summed E-state index contributed by atoms with van der Waals surface area (Å²) in [6.07, 6.45) is 68.6. The van der Waals surface area contributed by atoms with Crippen molar-refractivity contribution in [1.82, 2.24) is 0 Å². The van der Waals surface area contributed by atoms with Gasteiger partial charge in [-0.05, 0) is 77.0 Å². The molecule has 72 heavy (non-hydrogen) atoms. The number of allylic oxidation sites excluding steroid dienone is 10. The van der Waals surface area contributed by atoms with Crippen molar-refractivity contribution in [2.75, 3.05) is 47.5 Å². The normalized spacial score (nSPS) is 13.7. The van der Waals surface area contributed by atoms with E-state index < -0.39 is 26.5 Å². The third-order valence-corrected chi connectivity index (χ3v) is 14.0. The molecule has 0 aliphatic heterocycles. The first-order chi connectivity index (χ1) is 35.0. The molecule has 0 radical (unpaired) electrons. The van der Waals surface area contributed by atoms with Crippen LogP contribution in [0.25, 0.3) is 0 Å². The molecule has 0 heterocycles. The van der Waals surface area contributed by atoms with Gasteiger partial charge >= 0.3 is 19.8 Å². The van der Waals surface area contributed by atoms with Gasteiger partial charge in [-0.2, -0.15) is 0 Å². The van der Waals surface area contributed by atoms with Crippen molar-refractivity contribution in [3.8, 4) is 0 Å². The lowest BCUT2D eigenvalue weighted by Gasteiger charge is -2.24. The Morgan fingerprint density at radius 1 is 0.444 bits per heavy atom. The minimum Gasteiger partial charge on any atom is -0.462 e. The van der Waals surface area contributed by atoms with Gasteiger partial charge in [0.15, 0.2) is 6.10 Å². The largest absolute Gasteiger partial charge is 0.472 e. The van der Waals surface area contributed by atoms with Crippen LogP contribution in [0.1, 0.15) is 271 Å². The van der Waals surface area contributed by atoms with Gasteiger partial charge in [-0.15, -0.1) is 0 Å². The number of phosphoric acid groups is 1. The number of nitrogens with zero attached hydrogens (tertiary/aromatic N) is 1. The van der Waals surface area contributed by atoms with Crippen molar-refractivity contribution in [2.24, 2.45) is 0 Å². The highest BCUT2D eigenvalue weighted by Crippen LogP contribution is 2.43. The van der Waals surface area contributed by atoms with Gasteiger partial charge in [-0.1, -0.05) is 242 Å². The van der Waals surface area contributed by atoms with E-state index in [-0.39, 0.29) is 32.0 Å². The van der Waals surface area contributed by atoms with Crippen molar-refractivity contribution >= 4 is 19.8 Å². The molecule has 0 bridgehead atoms. The number of hydrogen-bond donors (Lipinski definition) is 1. The topological polar surface area (TPSA) is 108 Å². The van der Waals surface area contributed by atoms with Crippen LogP contribution in [0, 0.1) is 0 Å². The number of likely N-dealkylation sites (N-methyl/N-ethyl adjacent to an activating group) is 1. The Morgan fingerprint density at radius 3 is 1.19 bits per heavy atom. The Balaban J connectivity index is 4.12. The fourth-order valence-electron chi connectivity index (χ4n) is 8.41. The molecule has 0 rings (SSSR count). The number of hydrogen-bond acceptors (Lipinski definition) is 7. The van der Waals surface area contributed by atoms with Gasteiger partial charge in [0.25, 0.3) is 0 Å². The monoisotopic (exact) mass is 1030 g/mol. The maximum atomic E-state index is 12.8. The molecule has 420 valence electrons. The molecular formula is C62H115NO8P+. The number of ether oxygens (including phenoxy) is 2. The van der Waals surface area contributed by atoms with E-state index in [1.54, 1.807) is 0 Å². The molecule has 9 nitrogen and oxygen atoms in total. The van der Waals surface area contributed by atoms with Gasteiger partial charge in [0.1, 0.15) is 19.8 Å². The first kappa shape index (κ1) is 69.7. The highest BCUT2D eigenvalue weighted by atomic mass is 31.2. The average Bonchev–Trinajstić information content (AvgIpc) is 3.34. The lowest BCUT2D eigenvalue weighted by atomic mass is 10.0. The summed E-state index contributed by atoms with van der Waals surface area (Å²) in [4.78, 5) is 35.7. The summed E-state index contributed by atoms with van der Waals surface area (Å²) < 4.78 is 34.6. The number of carbonyl (C=O) groups is 2. The van der Waals surface area contributed by atoms with E-state index in [0.29, 0.717) is 17.4 Å². The molecule has 0 saturated heterocycles. The molecule has 0 amide bonds. The summed E-state index contributed by atoms with van der Waals surface area (Å²) in [5.74, 6) is -0.799. The number of quaternary nitrogens is 1. The van der Waals surface area contributed by atoms with Crippen LogP contribution < -0.4 is 0 Å². The maximum Gasteiger partial charge on any atom is 0.472 e. The zero-order chi connectivity index (χ0) is 52.7. The van der Waals surface area contributed by atoms with E-state index in [9.17, 15) is 19.0 Å². The van der Waals surface area contributed by atoms with Gasteiger partial charge in [-0.3, -0.25) is 18.6 Å². The summed E-state index contributed by atoms with van der Waals surface area (Å²) in [6.45, 7) is 4.34. The van der Waals surface area contributed by atoms with Crippen molar-refractivity contribution in [3.63, 3.8) is 0 Å². The second kappa shape index (κ2) is 53.5. The van der Waals surface area contributed by atoms with Gasteiger partial charge in [0, 0.05) is 12.8 Å². The third kappa shape index (κ3) is 57.0. The predicted molar refractivity (Wildman–Crippen MR) is 307 cm³/mol. The van der Waals surface area contributed by atoms with E-state index >= 15 is 0 Å². The molecule has 0 aliphatic rings. The first-order valence-corrected chi connectivity index (χ1v) is 31.5. The third-order valence-electron chi connectivity index (χ3n) is 13.0. The molecule has 0 aromatic rings. The number of phosphoric ester groups is 1. The summed E-state index contributed by atoms with van der Waals surface area (Å²) in [7, 11) is 1.47. The number of rotatable bonds is 55. The molecule has 1 N–H and O–H groups in total. The maximum absolute atomic E-state index is 12.8. The van der Waals surface area contributed by atoms with Crippen LogP contribution >= 0.6 is 7.82 Å². The van der Waals surface area contributed by atoms with Crippen molar-refractivity contribution in [2.45, 2.75) is 277 Å². The van der Waals surface area contributed by atoms with Gasteiger partial charge in [-0.25, -0.2) is 4.57 Å². The van der Waals surface area contributed by atoms with Crippen LogP contribution in [-0.2, 0) is 32.7 Å². The van der Waals surface area contributed by atoms with Crippen LogP contribution in [0.4, 0.5) is 0 Å². The summed E-state index contributed by atoms with van der Waals surface area (Å²) in [5.41, 5.74) is 0. The molecule has 0 aromatic heterocycles. The first-order valence-electron chi connectivity index (χ1n) is 30.0. The highest BCUT2D eigenvalue weighted by molar-refractivity contribution is 7.47. The Hall–Kier alpha value is -2.29. The molecule has 2 unspecified atom stereocenters. The summed E-state index contributed by atoms with van der Waals surface area (Å²) in [5, 5.41) is 0. The molecular weight excluding hydrogens is 918 g/mol. The SMILES string of the molecule is CC/C=C\C/C=C\C/C=C\C/C=C\CCCCCCCCCCC(=O)OC(COC(=O)CCCCCCCCCCCCCCCCC/C=C\CCCCCCCCCC)COP(=O)(O)OCC[N+](C)(C)C. The van der Waals surface area contributed by atoms with E-state index in [1.165, 1.54) is 167 Å². The van der Waals surface area contributed by atoms with Crippen LogP contribution in [0.3, 0.4) is 0 Å². The fraction of sp³-hybridized carbons (Fsp3) is 0.806. The number of esters is 2. The minimum atomic E-state index is -4.39. The molecule has 0 saturated carbocycles. The Morgan fingerprint density at radius 2 is 0.792 bits per heavy atom. The molecule has 0 aromatic carbocycles. The van der Waals surface area contributed by atoms with Gasteiger partial charge in [0.2, 0.25) is 0 Å². The van der Waals surface area contributed by atoms with Crippen LogP contribution in [0.15, 0.2) is 60.8 Å². The molecule has 10 heteroatoms. The molecule has 2 atom stereocenters. The van der Waals surface area contributed by atoms with E-state index in [2.05, 4.69) is 74.6 Å². The summed E-state index contributed by atoms with van der Waals surface area (Å²) >= 11 is 0. The van der Waals surface area contributed by atoms with E-state index in [1.807, 2.05) is 21.1 Å². The fourth-order valence-corrected chi connectivity index (χ4v) is 9.16. The summed E-state index contributed by atoms with van der Waals surface area (Å²) in [6, 6.07) is 0. The zero-order valence-corrected chi connectivity index (χ0v) is 48.6. The minimum absolute atomic E-state index is 0.0288. The van der Waals surface area contributed by atoms with Gasteiger partial charge in [0.05, 0.1) is 27.7 Å². The molecule has 0 aliphatic carbocycles. The van der Waals surface area contributed by atoms with E-state index in [0.717, 1.165) is 70.6 Å². The zero-order valence-electron chi connectivity index (χ0n) is 47.7. The van der Waals surface area contributed by atoms with Crippen molar-refractivity contribution < 1.29 is 42.1 Å². The van der Waals surface area contributed by atoms with Crippen molar-refractivity contribution in [1.29, 1.82) is 0 Å². The highest BCUT2D eigenvalue weighted by Gasteiger charge is 2.27. The van der Waals surface area contributed by atoms with Crippen LogP contribution in [0.2, 0.25) is 0 Å². The second-order valence-corrected chi connectivity index (χ2v) is 22.8. The average molecular weight is 1030 g/mol. The molecule has 0 spiro atoms. The quantitative estimate of drug-likeness (QED) is 0.0211. The van der Waals surface area contributed by atoms with Crippen LogP contribution in [0.5, 0.6) is 0 Å². The predicted octanol–water partition coefficient (Wildman–Crippen LogP) is 18.7. The van der Waals surface area contributed by atoms with Crippen LogP contribution in [-0.4, -0.2) is 74.9 Å². The smallest absolute Gasteiger partial charge is 0.462 e. The number of unbranched alkanes of at least 4 members (excludes halogenated alkanes) is 31. The second-order valence-electron chi connectivity index (χ2n) is 21.4. The van der Waals surface area contributed by atoms with Crippen molar-refractivity contribution in [3.05, 3.63) is 60.8 Å². The lowest BCUT2D eigenvalue weighted by molar-refractivity contribution is -0.870. The number of carbonyl (C=O) groups excluding carboxylic acids is 2. The molecule has 0 fully saturated rings. The Labute approximate surface area is 445 Å². The Bertz CT molecular complexity index is 1400. The van der Waals surface area contributed by atoms with Gasteiger partial charge < -0.3 is 18.9 Å². The van der Waals surface area contributed by atoms with E-state index in [4.69, 9.17) is 18.5 Å². The Kier molecular flexibility index (Phi) is 51.8.